The Morgan fingerprint density at radius 2 is 2.22 bits per heavy atom. The third-order valence-electron chi connectivity index (χ3n) is 2.69. The second-order valence-corrected chi connectivity index (χ2v) is 4.20. The van der Waals surface area contributed by atoms with Gasteiger partial charge in [-0.3, -0.25) is 0 Å². The van der Waals surface area contributed by atoms with Crippen LogP contribution < -0.4 is 5.73 Å². The molecule has 3 rings (SSSR count). The average molecular weight is 244 g/mol. The number of benzene rings is 1. The largest absolute Gasteiger partial charge is 0.508 e. The number of phenols is 1. The average Bonchev–Trinajstić information content (AvgIpc) is 2.93. The standard InChI is InChI=1S/C12H12N4O2/c1-6(13)11-15-12(18-16-11)10-4-7-2-3-8(17)5-9(7)14-10/h2-6,14,17H,13H2,1H3/t6-/m0/s1. The molecule has 0 aliphatic heterocycles. The smallest absolute Gasteiger partial charge is 0.274 e. The van der Waals surface area contributed by atoms with E-state index in [1.54, 1.807) is 19.1 Å². The molecule has 0 aliphatic rings. The van der Waals surface area contributed by atoms with Crippen LogP contribution in [-0.2, 0) is 0 Å². The molecule has 18 heavy (non-hydrogen) atoms. The Kier molecular flexibility index (Phi) is 2.31. The lowest BCUT2D eigenvalue weighted by Gasteiger charge is -1.92. The zero-order valence-corrected chi connectivity index (χ0v) is 9.71. The molecule has 0 saturated heterocycles. The lowest BCUT2D eigenvalue weighted by Crippen LogP contribution is -2.06. The van der Waals surface area contributed by atoms with Crippen molar-refractivity contribution in [3.05, 3.63) is 30.1 Å². The molecule has 0 fully saturated rings. The minimum atomic E-state index is -0.268. The Morgan fingerprint density at radius 3 is 2.94 bits per heavy atom. The fraction of sp³-hybridized carbons (Fsp3) is 0.167. The van der Waals surface area contributed by atoms with E-state index in [0.717, 1.165) is 10.9 Å². The fourth-order valence-electron chi connectivity index (χ4n) is 1.76. The first kappa shape index (κ1) is 10.8. The summed E-state index contributed by atoms with van der Waals surface area (Å²) in [6.45, 7) is 1.79. The molecular weight excluding hydrogens is 232 g/mol. The van der Waals surface area contributed by atoms with E-state index in [1.807, 2.05) is 12.1 Å². The molecule has 1 atom stereocenters. The number of phenolic OH excluding ortho intramolecular Hbond substituents is 1. The van der Waals surface area contributed by atoms with Crippen molar-refractivity contribution in [3.8, 4) is 17.3 Å². The van der Waals surface area contributed by atoms with E-state index in [0.29, 0.717) is 17.4 Å². The van der Waals surface area contributed by atoms with Crippen LogP contribution in [0.4, 0.5) is 0 Å². The molecule has 92 valence electrons. The van der Waals surface area contributed by atoms with Crippen LogP contribution in [0.3, 0.4) is 0 Å². The number of hydrogen-bond donors (Lipinski definition) is 3. The van der Waals surface area contributed by atoms with Gasteiger partial charge >= 0.3 is 0 Å². The Morgan fingerprint density at radius 1 is 1.39 bits per heavy atom. The minimum Gasteiger partial charge on any atom is -0.508 e. The first-order valence-corrected chi connectivity index (χ1v) is 5.55. The van der Waals surface area contributed by atoms with Crippen LogP contribution in [0, 0.1) is 0 Å². The molecule has 0 amide bonds. The second-order valence-electron chi connectivity index (χ2n) is 4.20. The topological polar surface area (TPSA) is 101 Å². The van der Waals surface area contributed by atoms with Gasteiger partial charge < -0.3 is 20.3 Å². The molecule has 2 heterocycles. The summed E-state index contributed by atoms with van der Waals surface area (Å²) in [6, 6.07) is 6.69. The number of rotatable bonds is 2. The van der Waals surface area contributed by atoms with Gasteiger partial charge in [0.05, 0.1) is 6.04 Å². The number of H-pyrrole nitrogens is 1. The number of nitrogens with zero attached hydrogens (tertiary/aromatic N) is 2. The maximum Gasteiger partial charge on any atom is 0.274 e. The molecular formula is C12H12N4O2. The van der Waals surface area contributed by atoms with Gasteiger partial charge in [-0.25, -0.2) is 0 Å². The summed E-state index contributed by atoms with van der Waals surface area (Å²) in [6.07, 6.45) is 0. The molecule has 4 N–H and O–H groups in total. The normalized spacial score (nSPS) is 13.0. The minimum absolute atomic E-state index is 0.206. The Bertz CT molecular complexity index is 699. The summed E-state index contributed by atoms with van der Waals surface area (Å²) in [5.41, 5.74) is 7.19. The highest BCUT2D eigenvalue weighted by atomic mass is 16.5. The molecule has 1 aromatic carbocycles. The van der Waals surface area contributed by atoms with Crippen LogP contribution in [0.5, 0.6) is 5.75 Å². The number of nitrogens with one attached hydrogen (secondary N) is 1. The molecule has 6 heteroatoms. The van der Waals surface area contributed by atoms with Crippen LogP contribution in [0.1, 0.15) is 18.8 Å². The van der Waals surface area contributed by atoms with Crippen molar-refractivity contribution in [2.24, 2.45) is 5.73 Å². The molecule has 0 aliphatic carbocycles. The van der Waals surface area contributed by atoms with Crippen molar-refractivity contribution in [2.45, 2.75) is 13.0 Å². The first-order valence-electron chi connectivity index (χ1n) is 5.55. The number of fused-ring (bicyclic) bond motifs is 1. The van der Waals surface area contributed by atoms with Gasteiger partial charge in [0.25, 0.3) is 5.89 Å². The number of aromatic amines is 1. The molecule has 0 radical (unpaired) electrons. The molecule has 0 spiro atoms. The van der Waals surface area contributed by atoms with Crippen molar-refractivity contribution in [1.29, 1.82) is 0 Å². The van der Waals surface area contributed by atoms with E-state index in [4.69, 9.17) is 10.3 Å². The Hall–Kier alpha value is -2.34. The number of aromatic nitrogens is 3. The van der Waals surface area contributed by atoms with Crippen molar-refractivity contribution in [3.63, 3.8) is 0 Å². The lowest BCUT2D eigenvalue weighted by atomic mass is 10.2. The van der Waals surface area contributed by atoms with Gasteiger partial charge in [-0.15, -0.1) is 0 Å². The van der Waals surface area contributed by atoms with Gasteiger partial charge in [-0.05, 0) is 25.1 Å². The van der Waals surface area contributed by atoms with Crippen LogP contribution in [0.25, 0.3) is 22.5 Å². The van der Waals surface area contributed by atoms with Gasteiger partial charge in [0.15, 0.2) is 5.82 Å². The van der Waals surface area contributed by atoms with Crippen LogP contribution in [-0.4, -0.2) is 20.2 Å². The highest BCUT2D eigenvalue weighted by Gasteiger charge is 2.13. The van der Waals surface area contributed by atoms with Crippen molar-refractivity contribution in [1.82, 2.24) is 15.1 Å². The molecule has 3 aromatic rings. The maximum atomic E-state index is 9.40. The van der Waals surface area contributed by atoms with Gasteiger partial charge in [-0.2, -0.15) is 4.98 Å². The fourth-order valence-corrected chi connectivity index (χ4v) is 1.76. The summed E-state index contributed by atoms with van der Waals surface area (Å²) in [7, 11) is 0. The zero-order chi connectivity index (χ0) is 12.7. The quantitative estimate of drug-likeness (QED) is 0.639. The van der Waals surface area contributed by atoms with E-state index < -0.39 is 0 Å². The van der Waals surface area contributed by atoms with Gasteiger partial charge in [0, 0.05) is 17.0 Å². The predicted molar refractivity (Wildman–Crippen MR) is 65.9 cm³/mol. The Balaban J connectivity index is 2.07. The third-order valence-corrected chi connectivity index (χ3v) is 2.69. The monoisotopic (exact) mass is 244 g/mol. The number of hydrogen-bond acceptors (Lipinski definition) is 5. The van der Waals surface area contributed by atoms with E-state index in [-0.39, 0.29) is 11.8 Å². The van der Waals surface area contributed by atoms with Crippen LogP contribution in [0.2, 0.25) is 0 Å². The highest BCUT2D eigenvalue weighted by molar-refractivity contribution is 5.85. The highest BCUT2D eigenvalue weighted by Crippen LogP contribution is 2.25. The molecule has 0 bridgehead atoms. The number of aromatic hydroxyl groups is 1. The van der Waals surface area contributed by atoms with Gasteiger partial charge in [-0.1, -0.05) is 5.16 Å². The zero-order valence-electron chi connectivity index (χ0n) is 9.71. The predicted octanol–water partition coefficient (Wildman–Crippen LogP) is 1.94. The molecule has 2 aromatic heterocycles. The van der Waals surface area contributed by atoms with E-state index in [9.17, 15) is 5.11 Å². The number of nitrogens with two attached hydrogens (primary N) is 1. The summed E-state index contributed by atoms with van der Waals surface area (Å²) < 4.78 is 5.14. The van der Waals surface area contributed by atoms with Crippen molar-refractivity contribution >= 4 is 10.9 Å². The van der Waals surface area contributed by atoms with E-state index in [1.165, 1.54) is 0 Å². The maximum absolute atomic E-state index is 9.40. The SMILES string of the molecule is C[C@H](N)c1noc(-c2cc3ccc(O)cc3[nH]2)n1. The van der Waals surface area contributed by atoms with E-state index in [2.05, 4.69) is 15.1 Å². The Labute approximate surface area is 102 Å². The summed E-state index contributed by atoms with van der Waals surface area (Å²) in [5.74, 6) is 1.06. The van der Waals surface area contributed by atoms with Gasteiger partial charge in [0.1, 0.15) is 11.4 Å². The van der Waals surface area contributed by atoms with Crippen molar-refractivity contribution in [2.75, 3.05) is 0 Å². The second kappa shape index (κ2) is 3.85. The van der Waals surface area contributed by atoms with Crippen molar-refractivity contribution < 1.29 is 9.63 Å². The molecule has 6 nitrogen and oxygen atoms in total. The van der Waals surface area contributed by atoms with E-state index >= 15 is 0 Å². The molecule has 0 saturated carbocycles. The van der Waals surface area contributed by atoms with Crippen LogP contribution >= 0.6 is 0 Å². The first-order chi connectivity index (χ1) is 8.63. The summed E-state index contributed by atoms with van der Waals surface area (Å²) >= 11 is 0. The molecule has 0 unspecified atom stereocenters. The lowest BCUT2D eigenvalue weighted by molar-refractivity contribution is 0.417. The third kappa shape index (κ3) is 1.72. The van der Waals surface area contributed by atoms with Gasteiger partial charge in [0.2, 0.25) is 0 Å². The summed E-state index contributed by atoms with van der Waals surface area (Å²) in [5, 5.41) is 14.2. The van der Waals surface area contributed by atoms with Crippen LogP contribution in [0.15, 0.2) is 28.8 Å². The summed E-state index contributed by atoms with van der Waals surface area (Å²) in [4.78, 5) is 7.31.